The number of amides is 3. The van der Waals surface area contributed by atoms with Crippen molar-refractivity contribution in [3.05, 3.63) is 46.3 Å². The van der Waals surface area contributed by atoms with Crippen LogP contribution in [0.4, 0.5) is 10.5 Å². The molecule has 186 valence electrons. The third-order valence-electron chi connectivity index (χ3n) is 6.80. The van der Waals surface area contributed by atoms with Crippen molar-refractivity contribution in [2.45, 2.75) is 12.5 Å². The number of ketones is 1. The molecular weight excluding hydrogens is 482 g/mol. The first-order valence-electron chi connectivity index (χ1n) is 11.8. The fourth-order valence-corrected chi connectivity index (χ4v) is 6.07. The molecule has 1 atom stereocenters. The molecule has 12 heteroatoms. The fraction of sp³-hybridized carbons (Fsp3) is 0.333. The van der Waals surface area contributed by atoms with E-state index in [1.807, 2.05) is 12.1 Å². The number of likely N-dealkylation sites (tertiary alicyclic amines) is 1. The van der Waals surface area contributed by atoms with Gasteiger partial charge in [0.1, 0.15) is 5.69 Å². The predicted molar refractivity (Wildman–Crippen MR) is 134 cm³/mol. The maximum absolute atomic E-state index is 13.8. The van der Waals surface area contributed by atoms with Gasteiger partial charge in [0.05, 0.1) is 45.5 Å². The number of urea groups is 1. The highest BCUT2D eigenvalue weighted by Gasteiger charge is 2.38. The van der Waals surface area contributed by atoms with Gasteiger partial charge in [-0.15, -0.1) is 11.3 Å². The number of fused-ring (bicyclic) bond motifs is 3. The molecule has 3 aliphatic rings. The monoisotopic (exact) mass is 507 g/mol. The maximum Gasteiger partial charge on any atom is 0.334 e. The van der Waals surface area contributed by atoms with Gasteiger partial charge in [0, 0.05) is 37.8 Å². The number of aromatic amines is 1. The standard InChI is InChI=1S/C24H25N7O4S/c25-13-6-7-29(12-13)23(33)17-5-4-16(36-17)21-19-20(27-28-21)14-2-1-3-15(18(14)22(19)32)31(24(26)34)30-8-10-35-11-9-30/h1-5,13H,6-12,25H2,(H2,26,34)(H,27,28). The Labute approximate surface area is 210 Å². The Morgan fingerprint density at radius 1 is 1.14 bits per heavy atom. The summed E-state index contributed by atoms with van der Waals surface area (Å²) in [6.07, 6.45) is 0.792. The number of ether oxygens (including phenoxy) is 1. The number of thiophene rings is 1. The van der Waals surface area contributed by atoms with Gasteiger partial charge in [0.25, 0.3) is 5.91 Å². The zero-order valence-electron chi connectivity index (χ0n) is 19.4. The largest absolute Gasteiger partial charge is 0.379 e. The van der Waals surface area contributed by atoms with Gasteiger partial charge in [-0.3, -0.25) is 14.7 Å². The van der Waals surface area contributed by atoms with E-state index in [0.717, 1.165) is 11.3 Å². The molecule has 36 heavy (non-hydrogen) atoms. The normalized spacial score (nSPS) is 19.4. The number of morpholine rings is 1. The summed E-state index contributed by atoms with van der Waals surface area (Å²) in [6.45, 7) is 3.06. The van der Waals surface area contributed by atoms with Crippen molar-refractivity contribution in [3.63, 3.8) is 0 Å². The van der Waals surface area contributed by atoms with Crippen LogP contribution in [-0.4, -0.2) is 83.3 Å². The number of nitrogens with zero attached hydrogens (tertiary/aromatic N) is 4. The quantitative estimate of drug-likeness (QED) is 0.380. The summed E-state index contributed by atoms with van der Waals surface area (Å²) in [5, 5.41) is 10.6. The number of nitrogens with two attached hydrogens (primary N) is 2. The van der Waals surface area contributed by atoms with E-state index in [4.69, 9.17) is 16.2 Å². The molecular formula is C24H25N7O4S. The van der Waals surface area contributed by atoms with Crippen molar-refractivity contribution in [1.29, 1.82) is 0 Å². The topological polar surface area (TPSA) is 151 Å². The fourth-order valence-electron chi connectivity index (χ4n) is 5.09. The van der Waals surface area contributed by atoms with Crippen LogP contribution in [0.2, 0.25) is 0 Å². The summed E-state index contributed by atoms with van der Waals surface area (Å²) in [5.41, 5.74) is 14.7. The summed E-state index contributed by atoms with van der Waals surface area (Å²) in [5.74, 6) is -0.305. The van der Waals surface area contributed by atoms with Crippen LogP contribution < -0.4 is 16.5 Å². The number of carbonyl (C=O) groups is 3. The second-order valence-electron chi connectivity index (χ2n) is 9.03. The molecule has 0 radical (unpaired) electrons. The molecule has 3 amide bonds. The molecule has 2 aliphatic heterocycles. The number of nitrogens with one attached hydrogen (secondary N) is 1. The summed E-state index contributed by atoms with van der Waals surface area (Å²) < 4.78 is 5.41. The third kappa shape index (κ3) is 3.61. The Morgan fingerprint density at radius 2 is 1.94 bits per heavy atom. The minimum absolute atomic E-state index is 0.00649. The van der Waals surface area contributed by atoms with E-state index in [0.29, 0.717) is 78.0 Å². The highest BCUT2D eigenvalue weighted by molar-refractivity contribution is 7.17. The number of hydrogen-bond donors (Lipinski definition) is 3. The molecule has 11 nitrogen and oxygen atoms in total. The molecule has 0 bridgehead atoms. The molecule has 1 unspecified atom stereocenters. The molecule has 0 spiro atoms. The van der Waals surface area contributed by atoms with Gasteiger partial charge in [-0.2, -0.15) is 5.10 Å². The average molecular weight is 508 g/mol. The predicted octanol–water partition coefficient (Wildman–Crippen LogP) is 1.66. The van der Waals surface area contributed by atoms with E-state index in [9.17, 15) is 14.4 Å². The number of hydrogen-bond acceptors (Lipinski definition) is 8. The summed E-state index contributed by atoms with van der Waals surface area (Å²) in [6, 6.07) is 8.23. The summed E-state index contributed by atoms with van der Waals surface area (Å²) in [7, 11) is 0. The van der Waals surface area contributed by atoms with Gasteiger partial charge < -0.3 is 21.1 Å². The molecule has 4 heterocycles. The van der Waals surface area contributed by atoms with Crippen LogP contribution in [-0.2, 0) is 4.74 Å². The highest BCUT2D eigenvalue weighted by atomic mass is 32.1. The van der Waals surface area contributed by atoms with Gasteiger partial charge in [-0.05, 0) is 24.6 Å². The average Bonchev–Trinajstić information content (AvgIpc) is 3.65. The van der Waals surface area contributed by atoms with E-state index < -0.39 is 6.03 Å². The molecule has 3 aromatic rings. The molecule has 2 fully saturated rings. The van der Waals surface area contributed by atoms with Crippen molar-refractivity contribution in [1.82, 2.24) is 20.1 Å². The van der Waals surface area contributed by atoms with Crippen LogP contribution in [0, 0.1) is 0 Å². The number of H-pyrrole nitrogens is 1. The Bertz CT molecular complexity index is 1380. The molecule has 0 saturated carbocycles. The number of aromatic nitrogens is 2. The van der Waals surface area contributed by atoms with Gasteiger partial charge >= 0.3 is 6.03 Å². The van der Waals surface area contributed by atoms with E-state index in [-0.39, 0.29) is 17.7 Å². The first kappa shape index (κ1) is 22.9. The zero-order chi connectivity index (χ0) is 25.0. The first-order valence-corrected chi connectivity index (χ1v) is 12.6. The van der Waals surface area contributed by atoms with Crippen LogP contribution >= 0.6 is 11.3 Å². The Morgan fingerprint density at radius 3 is 2.67 bits per heavy atom. The zero-order valence-corrected chi connectivity index (χ0v) is 20.2. The van der Waals surface area contributed by atoms with Crippen LogP contribution in [0.5, 0.6) is 0 Å². The van der Waals surface area contributed by atoms with E-state index in [1.165, 1.54) is 16.3 Å². The van der Waals surface area contributed by atoms with Crippen LogP contribution in [0.25, 0.3) is 21.8 Å². The lowest BCUT2D eigenvalue weighted by atomic mass is 10.1. The lowest BCUT2D eigenvalue weighted by Gasteiger charge is -2.36. The number of rotatable bonds is 4. The Balaban J connectivity index is 1.35. The minimum Gasteiger partial charge on any atom is -0.379 e. The van der Waals surface area contributed by atoms with Gasteiger partial charge in [-0.1, -0.05) is 12.1 Å². The van der Waals surface area contributed by atoms with Gasteiger partial charge in [0.15, 0.2) is 5.78 Å². The Kier molecular flexibility index (Phi) is 5.60. The van der Waals surface area contributed by atoms with Crippen LogP contribution in [0.1, 0.15) is 32.0 Å². The third-order valence-corrected chi connectivity index (χ3v) is 7.89. The molecule has 6 rings (SSSR count). The van der Waals surface area contributed by atoms with E-state index in [2.05, 4.69) is 10.2 Å². The Hall–Kier alpha value is -3.58. The smallest absolute Gasteiger partial charge is 0.334 e. The number of hydrazine groups is 1. The SMILES string of the molecule is NC(=O)N(c1cccc2c1C(=O)c1c-2n[nH]c1-c1ccc(C(=O)N2CCC(N)C2)s1)N1CCOCC1. The van der Waals surface area contributed by atoms with Crippen LogP contribution in [0.15, 0.2) is 30.3 Å². The molecule has 5 N–H and O–H groups in total. The van der Waals surface area contributed by atoms with E-state index in [1.54, 1.807) is 28.1 Å². The number of carbonyl (C=O) groups excluding carboxylic acids is 3. The van der Waals surface area contributed by atoms with Crippen molar-refractivity contribution >= 4 is 34.7 Å². The first-order chi connectivity index (χ1) is 17.4. The minimum atomic E-state index is -0.674. The van der Waals surface area contributed by atoms with Crippen molar-refractivity contribution in [2.24, 2.45) is 11.5 Å². The van der Waals surface area contributed by atoms with Gasteiger partial charge in [0.2, 0.25) is 0 Å². The lowest BCUT2D eigenvalue weighted by molar-refractivity contribution is 0.0364. The lowest BCUT2D eigenvalue weighted by Crippen LogP contribution is -2.54. The van der Waals surface area contributed by atoms with Crippen molar-refractivity contribution in [2.75, 3.05) is 44.4 Å². The second kappa shape index (κ2) is 8.82. The molecule has 2 saturated heterocycles. The second-order valence-corrected chi connectivity index (χ2v) is 10.1. The van der Waals surface area contributed by atoms with Crippen molar-refractivity contribution < 1.29 is 19.1 Å². The van der Waals surface area contributed by atoms with Gasteiger partial charge in [-0.25, -0.2) is 14.8 Å². The molecule has 2 aromatic heterocycles. The van der Waals surface area contributed by atoms with Crippen molar-refractivity contribution in [3.8, 4) is 21.8 Å². The molecule has 1 aromatic carbocycles. The number of primary amides is 1. The number of anilines is 1. The van der Waals surface area contributed by atoms with Crippen LogP contribution in [0.3, 0.4) is 0 Å². The maximum atomic E-state index is 13.8. The summed E-state index contributed by atoms with van der Waals surface area (Å²) >= 11 is 1.31. The van der Waals surface area contributed by atoms with E-state index >= 15 is 0 Å². The summed E-state index contributed by atoms with van der Waals surface area (Å²) in [4.78, 5) is 42.3. The highest BCUT2D eigenvalue weighted by Crippen LogP contribution is 2.45. The molecule has 1 aliphatic carbocycles. The number of benzene rings is 1.